The molecule has 1 unspecified atom stereocenters. The van der Waals surface area contributed by atoms with Gasteiger partial charge in [0.05, 0.1) is 0 Å². The summed E-state index contributed by atoms with van der Waals surface area (Å²) < 4.78 is 5.85. The molecule has 0 saturated heterocycles. The van der Waals surface area contributed by atoms with E-state index in [0.29, 0.717) is 34.4 Å². The summed E-state index contributed by atoms with van der Waals surface area (Å²) in [6.07, 6.45) is 2.77. The number of primary amides is 1. The Bertz CT molecular complexity index is 762. The van der Waals surface area contributed by atoms with Gasteiger partial charge in [-0.25, -0.2) is 4.79 Å². The number of allylic oxidation sites excluding steroid dienone is 1. The number of ether oxygens (including phenoxy) is 1. The first-order chi connectivity index (χ1) is 11.5. The van der Waals surface area contributed by atoms with Crippen LogP contribution in [0.15, 0.2) is 66.4 Å². The molecule has 6 heteroatoms. The molecule has 0 aliphatic heterocycles. The fourth-order valence-electron chi connectivity index (χ4n) is 2.90. The molecular weight excluding hydrogens is 328 g/mol. The van der Waals surface area contributed by atoms with E-state index < -0.39 is 11.6 Å². The Morgan fingerprint density at radius 1 is 1.17 bits per heavy atom. The minimum absolute atomic E-state index is 0.472. The van der Waals surface area contributed by atoms with E-state index in [1.807, 2.05) is 30.3 Å². The largest absolute Gasteiger partial charge is 0.462 e. The van der Waals surface area contributed by atoms with E-state index in [2.05, 4.69) is 0 Å². The number of rotatable bonds is 4. The molecule has 0 radical (unpaired) electrons. The van der Waals surface area contributed by atoms with E-state index in [4.69, 9.17) is 22.1 Å². The van der Waals surface area contributed by atoms with Crippen molar-refractivity contribution in [1.82, 2.24) is 5.06 Å². The monoisotopic (exact) mass is 344 g/mol. The van der Waals surface area contributed by atoms with Gasteiger partial charge < -0.3 is 10.5 Å². The van der Waals surface area contributed by atoms with E-state index in [1.54, 1.807) is 30.3 Å². The zero-order valence-electron chi connectivity index (χ0n) is 12.9. The maximum absolute atomic E-state index is 11.6. The van der Waals surface area contributed by atoms with Crippen molar-refractivity contribution in [3.8, 4) is 5.75 Å². The summed E-state index contributed by atoms with van der Waals surface area (Å²) in [5.74, 6) is 1.29. The molecule has 1 aliphatic rings. The topological polar surface area (TPSA) is 75.8 Å². The average molecular weight is 345 g/mol. The number of benzene rings is 2. The summed E-state index contributed by atoms with van der Waals surface area (Å²) in [7, 11) is 0. The summed E-state index contributed by atoms with van der Waals surface area (Å²) in [6.45, 7) is 0. The lowest BCUT2D eigenvalue weighted by Crippen LogP contribution is -2.47. The zero-order chi connectivity index (χ0) is 17.2. The number of halogens is 1. The van der Waals surface area contributed by atoms with E-state index in [-0.39, 0.29) is 0 Å². The highest BCUT2D eigenvalue weighted by Gasteiger charge is 2.43. The van der Waals surface area contributed by atoms with Crippen LogP contribution in [0, 0.1) is 0 Å². The Balaban J connectivity index is 1.94. The van der Waals surface area contributed by atoms with Crippen LogP contribution in [0.1, 0.15) is 18.4 Å². The first-order valence-corrected chi connectivity index (χ1v) is 7.88. The molecule has 5 nitrogen and oxygen atoms in total. The molecule has 1 atom stereocenters. The molecule has 124 valence electrons. The van der Waals surface area contributed by atoms with Crippen molar-refractivity contribution in [2.45, 2.75) is 18.4 Å². The van der Waals surface area contributed by atoms with Gasteiger partial charge in [0.1, 0.15) is 17.0 Å². The first-order valence-electron chi connectivity index (χ1n) is 7.50. The number of carbonyl (C=O) groups excluding carboxylic acids is 1. The van der Waals surface area contributed by atoms with Crippen LogP contribution in [0.5, 0.6) is 5.75 Å². The third-order valence-corrected chi connectivity index (χ3v) is 4.33. The summed E-state index contributed by atoms with van der Waals surface area (Å²) in [6, 6.07) is 15.3. The molecule has 0 bridgehead atoms. The van der Waals surface area contributed by atoms with Crippen LogP contribution < -0.4 is 10.5 Å². The molecule has 0 heterocycles. The number of nitrogens with two attached hydrogens (primary N) is 1. The summed E-state index contributed by atoms with van der Waals surface area (Å²) in [4.78, 5) is 11.6. The predicted molar refractivity (Wildman–Crippen MR) is 90.7 cm³/mol. The van der Waals surface area contributed by atoms with Crippen molar-refractivity contribution in [2.24, 2.45) is 5.73 Å². The molecule has 0 saturated carbocycles. The van der Waals surface area contributed by atoms with Gasteiger partial charge in [0, 0.05) is 11.4 Å². The Kier molecular flexibility index (Phi) is 4.46. The molecule has 24 heavy (non-hydrogen) atoms. The number of amides is 2. The van der Waals surface area contributed by atoms with Gasteiger partial charge in [0.25, 0.3) is 0 Å². The maximum atomic E-state index is 11.6. The van der Waals surface area contributed by atoms with Crippen LogP contribution in [0.4, 0.5) is 4.79 Å². The molecule has 1 aliphatic carbocycles. The van der Waals surface area contributed by atoms with Crippen LogP contribution in [-0.2, 0) is 5.54 Å². The van der Waals surface area contributed by atoms with Crippen LogP contribution in [-0.4, -0.2) is 16.3 Å². The Morgan fingerprint density at radius 2 is 1.83 bits per heavy atom. The number of hydrogen-bond acceptors (Lipinski definition) is 3. The SMILES string of the molecule is NC(=O)N(O)C1(c2ccccc2)C=C(Oc2ccc(Cl)cc2)CC1. The average Bonchev–Trinajstić information content (AvgIpc) is 3.02. The quantitative estimate of drug-likeness (QED) is 0.648. The number of hydroxylamine groups is 2. The molecule has 3 rings (SSSR count). The second-order valence-electron chi connectivity index (χ2n) is 5.61. The van der Waals surface area contributed by atoms with Gasteiger partial charge in [0.15, 0.2) is 0 Å². The summed E-state index contributed by atoms with van der Waals surface area (Å²) in [5, 5.41) is 11.5. The molecule has 3 N–H and O–H groups in total. The predicted octanol–water partition coefficient (Wildman–Crippen LogP) is 4.06. The van der Waals surface area contributed by atoms with Crippen molar-refractivity contribution < 1.29 is 14.7 Å². The lowest BCUT2D eigenvalue weighted by atomic mass is 9.89. The molecule has 0 aromatic heterocycles. The molecule has 2 amide bonds. The van der Waals surface area contributed by atoms with Crippen LogP contribution >= 0.6 is 11.6 Å². The van der Waals surface area contributed by atoms with E-state index in [0.717, 1.165) is 5.56 Å². The van der Waals surface area contributed by atoms with E-state index in [9.17, 15) is 10.0 Å². The maximum Gasteiger partial charge on any atom is 0.339 e. The van der Waals surface area contributed by atoms with E-state index >= 15 is 0 Å². The van der Waals surface area contributed by atoms with Crippen molar-refractivity contribution in [3.05, 3.63) is 77.0 Å². The standard InChI is InChI=1S/C18H17ClN2O3/c19-14-6-8-15(9-7-14)24-16-10-11-18(12-16,21(23)17(20)22)13-4-2-1-3-5-13/h1-9,12,23H,10-11H2,(H2,20,22). The molecular formula is C18H17ClN2O3. The Labute approximate surface area is 144 Å². The molecule has 0 fully saturated rings. The van der Waals surface area contributed by atoms with Gasteiger partial charge in [-0.15, -0.1) is 0 Å². The Morgan fingerprint density at radius 3 is 2.46 bits per heavy atom. The highest BCUT2D eigenvalue weighted by atomic mass is 35.5. The van der Waals surface area contributed by atoms with Crippen molar-refractivity contribution in [2.75, 3.05) is 0 Å². The minimum atomic E-state index is -1.03. The van der Waals surface area contributed by atoms with Crippen LogP contribution in [0.25, 0.3) is 0 Å². The lowest BCUT2D eigenvalue weighted by Gasteiger charge is -2.34. The highest BCUT2D eigenvalue weighted by Crippen LogP contribution is 2.41. The zero-order valence-corrected chi connectivity index (χ0v) is 13.6. The minimum Gasteiger partial charge on any atom is -0.462 e. The van der Waals surface area contributed by atoms with Gasteiger partial charge in [0.2, 0.25) is 0 Å². The second kappa shape index (κ2) is 6.55. The van der Waals surface area contributed by atoms with Crippen molar-refractivity contribution >= 4 is 17.6 Å². The molecule has 0 spiro atoms. The van der Waals surface area contributed by atoms with Gasteiger partial charge in [-0.1, -0.05) is 41.9 Å². The van der Waals surface area contributed by atoms with Crippen LogP contribution in [0.2, 0.25) is 5.02 Å². The summed E-state index contributed by atoms with van der Waals surface area (Å²) >= 11 is 5.87. The van der Waals surface area contributed by atoms with Gasteiger partial charge >= 0.3 is 6.03 Å². The lowest BCUT2D eigenvalue weighted by molar-refractivity contribution is -0.109. The fourth-order valence-corrected chi connectivity index (χ4v) is 3.03. The van der Waals surface area contributed by atoms with Crippen molar-refractivity contribution in [1.29, 1.82) is 0 Å². The van der Waals surface area contributed by atoms with Gasteiger partial charge in [-0.3, -0.25) is 5.21 Å². The normalized spacial score (nSPS) is 19.7. The Hall–Kier alpha value is -2.50. The van der Waals surface area contributed by atoms with Crippen molar-refractivity contribution in [3.63, 3.8) is 0 Å². The second-order valence-corrected chi connectivity index (χ2v) is 6.04. The van der Waals surface area contributed by atoms with Gasteiger partial charge in [-0.05, 0) is 42.3 Å². The number of urea groups is 1. The number of carbonyl (C=O) groups is 1. The highest BCUT2D eigenvalue weighted by molar-refractivity contribution is 6.30. The fraction of sp³-hybridized carbons (Fsp3) is 0.167. The smallest absolute Gasteiger partial charge is 0.339 e. The van der Waals surface area contributed by atoms with Crippen LogP contribution in [0.3, 0.4) is 0 Å². The summed E-state index contributed by atoms with van der Waals surface area (Å²) in [5.41, 5.74) is 5.04. The van der Waals surface area contributed by atoms with E-state index in [1.165, 1.54) is 0 Å². The third kappa shape index (κ3) is 3.09. The third-order valence-electron chi connectivity index (χ3n) is 4.08. The molecule has 2 aromatic rings. The number of nitrogens with zero attached hydrogens (tertiary/aromatic N) is 1. The van der Waals surface area contributed by atoms with Gasteiger partial charge in [-0.2, -0.15) is 5.06 Å². The number of hydrogen-bond donors (Lipinski definition) is 2. The molecule has 2 aromatic carbocycles. The first kappa shape index (κ1) is 16.4.